The van der Waals surface area contributed by atoms with Crippen LogP contribution in [0.15, 0.2) is 97.2 Å². The van der Waals surface area contributed by atoms with Gasteiger partial charge in [-0.25, -0.2) is 0 Å². The zero-order chi connectivity index (χ0) is 56.4. The summed E-state index contributed by atoms with van der Waals surface area (Å²) >= 11 is 0. The van der Waals surface area contributed by atoms with Crippen molar-refractivity contribution in [2.75, 3.05) is 13.2 Å². The average Bonchev–Trinajstić information content (AvgIpc) is 3.44. The Bertz CT molecular complexity index is 1530. The maximum Gasteiger partial charge on any atom is 0.306 e. The Hall–Kier alpha value is -3.67. The van der Waals surface area contributed by atoms with Gasteiger partial charge in [-0.2, -0.15) is 0 Å². The largest absolute Gasteiger partial charge is 0.462 e. The van der Waals surface area contributed by atoms with Crippen LogP contribution in [0.1, 0.15) is 323 Å². The maximum absolute atomic E-state index is 12.8. The van der Waals surface area contributed by atoms with Crippen molar-refractivity contribution in [2.45, 2.75) is 329 Å². The van der Waals surface area contributed by atoms with Gasteiger partial charge < -0.3 is 14.2 Å². The molecule has 6 nitrogen and oxygen atoms in total. The van der Waals surface area contributed by atoms with Gasteiger partial charge in [0.05, 0.1) is 0 Å². The fourth-order valence-electron chi connectivity index (χ4n) is 9.39. The zero-order valence-electron chi connectivity index (χ0n) is 51.4. The molecule has 0 amide bonds. The average molecular weight is 1090 g/mol. The predicted octanol–water partition coefficient (Wildman–Crippen LogP) is 22.8. The van der Waals surface area contributed by atoms with Crippen molar-refractivity contribution in [3.05, 3.63) is 97.2 Å². The highest BCUT2D eigenvalue weighted by Gasteiger charge is 2.19. The van der Waals surface area contributed by atoms with Gasteiger partial charge >= 0.3 is 17.9 Å². The third kappa shape index (κ3) is 63.2. The second-order valence-corrected chi connectivity index (χ2v) is 22.0. The lowest BCUT2D eigenvalue weighted by Gasteiger charge is -2.18. The fraction of sp³-hybridized carbons (Fsp3) is 0.736. The standard InChI is InChI=1S/C72H124O6/c1-4-7-10-13-16-19-22-24-26-27-28-29-30-31-32-33-34-35-36-37-38-39-40-41-42-43-44-45-47-48-50-53-56-59-62-65-71(74)77-68-69(67-76-70(73)64-61-58-55-52-21-18-15-12-9-6-3)78-72(75)66-63-60-57-54-51-49-46-25-23-20-17-14-11-8-5-2/h7-8,10-12,15-17,19-20,24-26,28-29,46,69H,4-6,9,13-14,18,21-23,27,30-45,47-68H2,1-3H3/b10-7-,11-8-,15-12-,19-16-,20-17-,26-24-,29-28-,46-25-. The minimum Gasteiger partial charge on any atom is -0.462 e. The molecule has 448 valence electrons. The highest BCUT2D eigenvalue weighted by molar-refractivity contribution is 5.71. The summed E-state index contributed by atoms with van der Waals surface area (Å²) in [5.41, 5.74) is 0. The van der Waals surface area contributed by atoms with Crippen LogP contribution in [0.3, 0.4) is 0 Å². The van der Waals surface area contributed by atoms with E-state index in [1.54, 1.807) is 0 Å². The van der Waals surface area contributed by atoms with Gasteiger partial charge in [0, 0.05) is 19.3 Å². The topological polar surface area (TPSA) is 78.9 Å². The molecule has 0 aromatic carbocycles. The molecule has 0 heterocycles. The Kier molecular flexibility index (Phi) is 62.7. The van der Waals surface area contributed by atoms with E-state index in [0.29, 0.717) is 19.3 Å². The van der Waals surface area contributed by atoms with Crippen molar-refractivity contribution >= 4 is 17.9 Å². The summed E-state index contributed by atoms with van der Waals surface area (Å²) in [5.74, 6) is -0.902. The first-order chi connectivity index (χ1) is 38.5. The third-order valence-electron chi connectivity index (χ3n) is 14.3. The van der Waals surface area contributed by atoms with E-state index in [1.165, 1.54) is 148 Å². The van der Waals surface area contributed by atoms with Crippen molar-refractivity contribution in [1.82, 2.24) is 0 Å². The van der Waals surface area contributed by atoms with Gasteiger partial charge in [0.15, 0.2) is 6.10 Å². The van der Waals surface area contributed by atoms with Crippen LogP contribution in [0.4, 0.5) is 0 Å². The molecular formula is C72H124O6. The van der Waals surface area contributed by atoms with E-state index in [2.05, 4.69) is 118 Å². The molecular weight excluding hydrogens is 961 g/mol. The van der Waals surface area contributed by atoms with Crippen LogP contribution in [0.2, 0.25) is 0 Å². The number of carbonyl (C=O) groups excluding carboxylic acids is 3. The molecule has 6 heteroatoms. The predicted molar refractivity (Wildman–Crippen MR) is 339 cm³/mol. The summed E-state index contributed by atoms with van der Waals surface area (Å²) < 4.78 is 16.9. The molecule has 0 bridgehead atoms. The van der Waals surface area contributed by atoms with Gasteiger partial charge in [-0.15, -0.1) is 0 Å². The Morgan fingerprint density at radius 2 is 0.500 bits per heavy atom. The summed E-state index contributed by atoms with van der Waals surface area (Å²) in [6.07, 6.45) is 88.9. The van der Waals surface area contributed by atoms with Crippen LogP contribution in [0.25, 0.3) is 0 Å². The van der Waals surface area contributed by atoms with E-state index in [-0.39, 0.29) is 31.1 Å². The number of esters is 3. The van der Waals surface area contributed by atoms with Gasteiger partial charge in [-0.1, -0.05) is 291 Å². The molecule has 0 aliphatic rings. The van der Waals surface area contributed by atoms with E-state index in [0.717, 1.165) is 135 Å². The molecule has 1 atom stereocenters. The molecule has 0 aromatic heterocycles. The smallest absolute Gasteiger partial charge is 0.306 e. The van der Waals surface area contributed by atoms with E-state index in [1.807, 2.05) is 0 Å². The van der Waals surface area contributed by atoms with Gasteiger partial charge in [0.25, 0.3) is 0 Å². The molecule has 0 aromatic rings. The minimum atomic E-state index is -0.787. The van der Waals surface area contributed by atoms with Crippen molar-refractivity contribution in [2.24, 2.45) is 0 Å². The summed E-state index contributed by atoms with van der Waals surface area (Å²) in [7, 11) is 0. The first-order valence-corrected chi connectivity index (χ1v) is 33.2. The molecule has 0 fully saturated rings. The molecule has 0 aliphatic heterocycles. The zero-order valence-corrected chi connectivity index (χ0v) is 51.4. The number of carbonyl (C=O) groups is 3. The Labute approximate surface area is 483 Å². The highest BCUT2D eigenvalue weighted by Crippen LogP contribution is 2.17. The minimum absolute atomic E-state index is 0.0837. The Morgan fingerprint density at radius 1 is 0.269 bits per heavy atom. The molecule has 0 spiro atoms. The normalized spacial score (nSPS) is 12.7. The SMILES string of the molecule is CC/C=C\C/C=C\C/C=C\C/C=C\CCCCCCCCCCCCCCCCCCCCCCCCC(=O)OCC(COC(=O)CCCCCCC/C=C\CCC)OC(=O)CCCCCCC/C=C\C/C=C\C/C=C\CC. The number of rotatable bonds is 60. The van der Waals surface area contributed by atoms with Crippen LogP contribution in [0, 0.1) is 0 Å². The van der Waals surface area contributed by atoms with Crippen LogP contribution in [0.5, 0.6) is 0 Å². The van der Waals surface area contributed by atoms with Gasteiger partial charge in [-0.3, -0.25) is 14.4 Å². The van der Waals surface area contributed by atoms with Gasteiger partial charge in [0.1, 0.15) is 13.2 Å². The Balaban J connectivity index is 4.04. The Morgan fingerprint density at radius 3 is 0.795 bits per heavy atom. The third-order valence-corrected chi connectivity index (χ3v) is 14.3. The van der Waals surface area contributed by atoms with Crippen LogP contribution >= 0.6 is 0 Å². The monoisotopic (exact) mass is 1080 g/mol. The molecule has 0 N–H and O–H groups in total. The molecule has 78 heavy (non-hydrogen) atoms. The van der Waals surface area contributed by atoms with Crippen molar-refractivity contribution in [1.29, 1.82) is 0 Å². The molecule has 0 radical (unpaired) electrons. The number of allylic oxidation sites excluding steroid dienone is 16. The molecule has 1 unspecified atom stereocenters. The van der Waals surface area contributed by atoms with E-state index in [9.17, 15) is 14.4 Å². The number of ether oxygens (including phenoxy) is 3. The van der Waals surface area contributed by atoms with Crippen LogP contribution < -0.4 is 0 Å². The number of hydrogen-bond acceptors (Lipinski definition) is 6. The van der Waals surface area contributed by atoms with E-state index >= 15 is 0 Å². The molecule has 0 saturated carbocycles. The molecule has 0 saturated heterocycles. The van der Waals surface area contributed by atoms with Gasteiger partial charge in [-0.05, 0) is 109 Å². The van der Waals surface area contributed by atoms with E-state index < -0.39 is 6.10 Å². The first kappa shape index (κ1) is 74.3. The lowest BCUT2D eigenvalue weighted by Crippen LogP contribution is -2.30. The highest BCUT2D eigenvalue weighted by atomic mass is 16.6. The summed E-state index contributed by atoms with van der Waals surface area (Å²) in [6.45, 7) is 6.36. The first-order valence-electron chi connectivity index (χ1n) is 33.2. The summed E-state index contributed by atoms with van der Waals surface area (Å²) in [4.78, 5) is 38.2. The number of hydrogen-bond donors (Lipinski definition) is 0. The van der Waals surface area contributed by atoms with Crippen molar-refractivity contribution < 1.29 is 28.6 Å². The quantitative estimate of drug-likeness (QED) is 0.0261. The van der Waals surface area contributed by atoms with E-state index in [4.69, 9.17) is 14.2 Å². The second-order valence-electron chi connectivity index (χ2n) is 22.0. The summed E-state index contributed by atoms with van der Waals surface area (Å²) in [6, 6.07) is 0. The number of unbranched alkanes of at least 4 members (excludes halogenated alkanes) is 33. The lowest BCUT2D eigenvalue weighted by molar-refractivity contribution is -0.167. The molecule has 0 aliphatic carbocycles. The van der Waals surface area contributed by atoms with Crippen LogP contribution in [-0.2, 0) is 28.6 Å². The van der Waals surface area contributed by atoms with Gasteiger partial charge in [0.2, 0.25) is 0 Å². The maximum atomic E-state index is 12.8. The lowest BCUT2D eigenvalue weighted by atomic mass is 10.0. The summed E-state index contributed by atoms with van der Waals surface area (Å²) in [5, 5.41) is 0. The van der Waals surface area contributed by atoms with Crippen molar-refractivity contribution in [3.63, 3.8) is 0 Å². The second kappa shape index (κ2) is 65.8. The van der Waals surface area contributed by atoms with Crippen molar-refractivity contribution in [3.8, 4) is 0 Å². The molecule has 0 rings (SSSR count). The fourth-order valence-corrected chi connectivity index (χ4v) is 9.39. The van der Waals surface area contributed by atoms with Crippen LogP contribution in [-0.4, -0.2) is 37.2 Å².